The molecule has 1 aliphatic heterocycles. The Kier molecular flexibility index (Phi) is 6.09. The zero-order valence-corrected chi connectivity index (χ0v) is 20.1. The summed E-state index contributed by atoms with van der Waals surface area (Å²) in [4.78, 5) is 29.8. The van der Waals surface area contributed by atoms with Gasteiger partial charge in [-0.25, -0.2) is 8.42 Å². The smallest absolute Gasteiger partial charge is 0.243 e. The van der Waals surface area contributed by atoms with Gasteiger partial charge in [0.15, 0.2) is 0 Å². The predicted molar refractivity (Wildman–Crippen MR) is 127 cm³/mol. The number of halogens is 2. The molecule has 8 nitrogen and oxygen atoms in total. The molecule has 2 heterocycles. The number of nitrogens with one attached hydrogen (secondary N) is 2. The van der Waals surface area contributed by atoms with Gasteiger partial charge in [-0.1, -0.05) is 35.3 Å². The van der Waals surface area contributed by atoms with Crippen molar-refractivity contribution in [2.75, 3.05) is 25.5 Å². The zero-order chi connectivity index (χ0) is 24.0. The van der Waals surface area contributed by atoms with Gasteiger partial charge < -0.3 is 10.6 Å². The molecule has 1 aromatic heterocycles. The number of carbonyl (C=O) groups is 2. The molecule has 0 aliphatic carbocycles. The van der Waals surface area contributed by atoms with Crippen LogP contribution in [0, 0.1) is 0 Å². The minimum atomic E-state index is -4.02. The van der Waals surface area contributed by atoms with E-state index in [1.807, 2.05) is 6.07 Å². The molecule has 0 saturated heterocycles. The van der Waals surface area contributed by atoms with E-state index in [2.05, 4.69) is 15.6 Å². The van der Waals surface area contributed by atoms with E-state index in [9.17, 15) is 18.0 Å². The van der Waals surface area contributed by atoms with Crippen molar-refractivity contribution in [3.63, 3.8) is 0 Å². The number of aromatic nitrogens is 1. The highest BCUT2D eigenvalue weighted by atomic mass is 35.5. The molecule has 172 valence electrons. The minimum absolute atomic E-state index is 0.0752. The molecular weight excluding hydrogens is 487 g/mol. The summed E-state index contributed by atoms with van der Waals surface area (Å²) in [5, 5.41) is 7.35. The van der Waals surface area contributed by atoms with Gasteiger partial charge in [0.25, 0.3) is 0 Å². The third kappa shape index (κ3) is 4.06. The third-order valence-corrected chi connectivity index (χ3v) is 8.13. The summed E-state index contributed by atoms with van der Waals surface area (Å²) in [7, 11) is -2.61. The molecule has 33 heavy (non-hydrogen) atoms. The molecule has 0 spiro atoms. The number of nitrogens with zero attached hydrogens (tertiary/aromatic N) is 2. The van der Waals surface area contributed by atoms with E-state index in [1.54, 1.807) is 25.3 Å². The first-order valence-corrected chi connectivity index (χ1v) is 12.1. The monoisotopic (exact) mass is 506 g/mol. The summed E-state index contributed by atoms with van der Waals surface area (Å²) in [5.41, 5.74) is -0.720. The Morgan fingerprint density at radius 2 is 1.94 bits per heavy atom. The highest BCUT2D eigenvalue weighted by molar-refractivity contribution is 7.89. The highest BCUT2D eigenvalue weighted by Crippen LogP contribution is 2.40. The highest BCUT2D eigenvalue weighted by Gasteiger charge is 2.48. The van der Waals surface area contributed by atoms with Crippen molar-refractivity contribution in [1.82, 2.24) is 14.6 Å². The Hall–Kier alpha value is -2.72. The van der Waals surface area contributed by atoms with Crippen LogP contribution in [0.3, 0.4) is 0 Å². The summed E-state index contributed by atoms with van der Waals surface area (Å²) in [6.45, 7) is 0.933. The van der Waals surface area contributed by atoms with Gasteiger partial charge in [-0.3, -0.25) is 14.6 Å². The van der Waals surface area contributed by atoms with Crippen molar-refractivity contribution in [1.29, 1.82) is 0 Å². The second-order valence-electron chi connectivity index (χ2n) is 7.90. The SMILES string of the molecule is CNC(=O)CN1CC(C)(C(=O)Nc2cncc3cccc(Cl)c23)c2cc(Cl)ccc2S1(=O)=O. The van der Waals surface area contributed by atoms with Crippen LogP contribution in [0.2, 0.25) is 10.0 Å². The zero-order valence-electron chi connectivity index (χ0n) is 17.7. The van der Waals surface area contributed by atoms with Gasteiger partial charge in [0.2, 0.25) is 21.8 Å². The van der Waals surface area contributed by atoms with Crippen LogP contribution in [-0.4, -0.2) is 49.7 Å². The van der Waals surface area contributed by atoms with Crippen molar-refractivity contribution >= 4 is 61.5 Å². The van der Waals surface area contributed by atoms with Gasteiger partial charge in [-0.2, -0.15) is 4.31 Å². The lowest BCUT2D eigenvalue weighted by molar-refractivity contribution is -0.124. The van der Waals surface area contributed by atoms with Gasteiger partial charge in [0.05, 0.1) is 33.8 Å². The van der Waals surface area contributed by atoms with Crippen LogP contribution >= 0.6 is 23.2 Å². The Morgan fingerprint density at radius 3 is 2.67 bits per heavy atom. The number of benzene rings is 2. The molecule has 0 bridgehead atoms. The lowest BCUT2D eigenvalue weighted by Crippen LogP contribution is -2.55. The first kappa shape index (κ1) is 23.4. The van der Waals surface area contributed by atoms with Crippen molar-refractivity contribution in [3.05, 3.63) is 64.4 Å². The number of sulfonamides is 1. The van der Waals surface area contributed by atoms with Crippen LogP contribution in [0.1, 0.15) is 12.5 Å². The second kappa shape index (κ2) is 8.57. The fraction of sp³-hybridized carbons (Fsp3) is 0.227. The predicted octanol–water partition coefficient (Wildman–Crippen LogP) is 3.19. The van der Waals surface area contributed by atoms with Crippen LogP contribution in [0.4, 0.5) is 5.69 Å². The van der Waals surface area contributed by atoms with Crippen molar-refractivity contribution in [3.8, 4) is 0 Å². The fourth-order valence-corrected chi connectivity index (χ4v) is 6.19. The second-order valence-corrected chi connectivity index (χ2v) is 10.6. The Balaban J connectivity index is 1.83. The van der Waals surface area contributed by atoms with Crippen LogP contribution in [0.25, 0.3) is 10.8 Å². The van der Waals surface area contributed by atoms with Crippen LogP contribution in [0.5, 0.6) is 0 Å². The molecular formula is C22H20Cl2N4O4S. The van der Waals surface area contributed by atoms with E-state index in [1.165, 1.54) is 31.4 Å². The van der Waals surface area contributed by atoms with Gasteiger partial charge in [-0.15, -0.1) is 0 Å². The maximum absolute atomic E-state index is 13.7. The number of likely N-dealkylation sites (N-methyl/N-ethyl adjacent to an activating group) is 1. The quantitative estimate of drug-likeness (QED) is 0.564. The summed E-state index contributed by atoms with van der Waals surface area (Å²) >= 11 is 12.5. The number of carbonyl (C=O) groups excluding carboxylic acids is 2. The molecule has 1 aliphatic rings. The number of rotatable bonds is 4. The molecule has 0 saturated carbocycles. The van der Waals surface area contributed by atoms with Crippen molar-refractivity contribution in [2.45, 2.75) is 17.2 Å². The summed E-state index contributed by atoms with van der Waals surface area (Å²) in [6.07, 6.45) is 3.11. The Labute approximate surface area is 200 Å². The molecule has 2 aromatic carbocycles. The lowest BCUT2D eigenvalue weighted by Gasteiger charge is -2.40. The average molecular weight is 507 g/mol. The molecule has 2 N–H and O–H groups in total. The van der Waals surface area contributed by atoms with E-state index in [0.29, 0.717) is 16.1 Å². The molecule has 0 radical (unpaired) electrons. The Morgan fingerprint density at radius 1 is 1.18 bits per heavy atom. The molecule has 11 heteroatoms. The largest absolute Gasteiger partial charge is 0.358 e. The van der Waals surface area contributed by atoms with E-state index < -0.39 is 33.8 Å². The number of anilines is 1. The number of hydrogen-bond donors (Lipinski definition) is 2. The molecule has 1 unspecified atom stereocenters. The average Bonchev–Trinajstić information content (AvgIpc) is 2.77. The minimum Gasteiger partial charge on any atom is -0.358 e. The van der Waals surface area contributed by atoms with E-state index >= 15 is 0 Å². The normalized spacial score (nSPS) is 19.6. The van der Waals surface area contributed by atoms with E-state index in [-0.39, 0.29) is 22.0 Å². The lowest BCUT2D eigenvalue weighted by atomic mass is 9.80. The third-order valence-electron chi connectivity index (χ3n) is 5.73. The maximum Gasteiger partial charge on any atom is 0.243 e. The topological polar surface area (TPSA) is 108 Å². The summed E-state index contributed by atoms with van der Waals surface area (Å²) in [6, 6.07) is 9.56. The first-order chi connectivity index (χ1) is 15.6. The first-order valence-electron chi connectivity index (χ1n) is 9.92. The molecule has 0 fully saturated rings. The van der Waals surface area contributed by atoms with Gasteiger partial charge in [0, 0.05) is 35.6 Å². The van der Waals surface area contributed by atoms with Crippen LogP contribution in [-0.2, 0) is 25.0 Å². The van der Waals surface area contributed by atoms with E-state index in [0.717, 1.165) is 9.69 Å². The van der Waals surface area contributed by atoms with Crippen LogP contribution in [0.15, 0.2) is 53.7 Å². The Bertz CT molecular complexity index is 1390. The number of pyridine rings is 1. The molecule has 4 rings (SSSR count). The maximum atomic E-state index is 13.7. The van der Waals surface area contributed by atoms with Gasteiger partial charge in [0.1, 0.15) is 0 Å². The standard InChI is InChI=1S/C22H20Cl2N4O4S/c1-22(21(30)27-17-10-26-9-13-4-3-5-16(24)20(13)17)12-28(11-19(29)25-2)33(31,32)18-7-6-14(23)8-15(18)22/h3-10H,11-12H2,1-2H3,(H,25,29)(H,27,30). The summed E-state index contributed by atoms with van der Waals surface area (Å²) in [5.74, 6) is -0.985. The summed E-state index contributed by atoms with van der Waals surface area (Å²) < 4.78 is 27.4. The molecule has 2 amide bonds. The van der Waals surface area contributed by atoms with Gasteiger partial charge in [-0.05, 0) is 36.8 Å². The molecule has 1 atom stereocenters. The number of fused-ring (bicyclic) bond motifs is 2. The van der Waals surface area contributed by atoms with Crippen molar-refractivity contribution in [2.24, 2.45) is 0 Å². The molecule has 3 aromatic rings. The van der Waals surface area contributed by atoms with Crippen LogP contribution < -0.4 is 10.6 Å². The number of amides is 2. The number of hydrogen-bond acceptors (Lipinski definition) is 5. The van der Waals surface area contributed by atoms with Gasteiger partial charge >= 0.3 is 0 Å². The fourth-order valence-electron chi connectivity index (χ4n) is 3.94. The van der Waals surface area contributed by atoms with Crippen molar-refractivity contribution < 1.29 is 18.0 Å². The van der Waals surface area contributed by atoms with E-state index in [4.69, 9.17) is 23.2 Å².